The average molecular weight is 882 g/mol. The molecule has 0 saturated heterocycles. The van der Waals surface area contributed by atoms with E-state index in [9.17, 15) is 0 Å². The fourth-order valence-corrected chi connectivity index (χ4v) is 11.2. The van der Waals surface area contributed by atoms with Crippen LogP contribution in [0.25, 0.3) is 121 Å². The molecule has 10 aromatic carbocycles. The lowest BCUT2D eigenvalue weighted by Crippen LogP contribution is -2.14. The summed E-state index contributed by atoms with van der Waals surface area (Å²) in [5.41, 5.74) is 15.2. The Morgan fingerprint density at radius 2 is 1.06 bits per heavy atom. The lowest BCUT2D eigenvalue weighted by atomic mass is 9.82. The third kappa shape index (κ3) is 6.49. The summed E-state index contributed by atoms with van der Waals surface area (Å²) in [7, 11) is 0. The molecule has 2 heterocycles. The summed E-state index contributed by atoms with van der Waals surface area (Å²) in [6.45, 7) is 10.6. The molecule has 12 aromatic rings. The van der Waals surface area contributed by atoms with Crippen LogP contribution >= 0.6 is 0 Å². The Labute approximate surface area is 401 Å². The van der Waals surface area contributed by atoms with Gasteiger partial charge in [-0.25, -0.2) is 9.97 Å². The summed E-state index contributed by atoms with van der Waals surface area (Å²) in [6.07, 6.45) is 7.76. The van der Waals surface area contributed by atoms with E-state index in [0.717, 1.165) is 39.1 Å². The van der Waals surface area contributed by atoms with Crippen molar-refractivity contribution in [3.05, 3.63) is 242 Å². The van der Waals surface area contributed by atoms with Gasteiger partial charge >= 0.3 is 0 Å². The van der Waals surface area contributed by atoms with Crippen LogP contribution in [-0.2, 0) is 5.41 Å². The molecule has 0 fully saturated rings. The maximum atomic E-state index is 5.40. The van der Waals surface area contributed by atoms with E-state index in [1.807, 2.05) is 18.2 Å². The van der Waals surface area contributed by atoms with E-state index >= 15 is 0 Å². The van der Waals surface area contributed by atoms with Gasteiger partial charge in [0, 0.05) is 27.8 Å². The van der Waals surface area contributed by atoms with E-state index in [4.69, 9.17) is 9.97 Å². The molecular weight excluding hydrogens is 835 g/mol. The third-order valence-corrected chi connectivity index (χ3v) is 14.7. The van der Waals surface area contributed by atoms with Crippen molar-refractivity contribution in [2.45, 2.75) is 26.2 Å². The van der Waals surface area contributed by atoms with Crippen LogP contribution in [0.5, 0.6) is 0 Å². The van der Waals surface area contributed by atoms with Crippen LogP contribution < -0.4 is 0 Å². The van der Waals surface area contributed by atoms with Gasteiger partial charge in [-0.1, -0.05) is 190 Å². The van der Waals surface area contributed by atoms with Gasteiger partial charge in [0.05, 0.1) is 16.7 Å². The fourth-order valence-electron chi connectivity index (χ4n) is 11.2. The number of fused-ring (bicyclic) bond motifs is 13. The number of nitrogens with zero attached hydrogens (tertiary/aromatic N) is 3. The molecule has 326 valence electrons. The van der Waals surface area contributed by atoms with Gasteiger partial charge in [0.15, 0.2) is 5.82 Å². The van der Waals surface area contributed by atoms with Crippen LogP contribution in [0.4, 0.5) is 0 Å². The predicted molar refractivity (Wildman–Crippen MR) is 293 cm³/mol. The van der Waals surface area contributed by atoms with Crippen molar-refractivity contribution in [1.82, 2.24) is 14.5 Å². The summed E-state index contributed by atoms with van der Waals surface area (Å²) in [5, 5.41) is 12.2. The molecule has 0 N–H and O–H groups in total. The smallest absolute Gasteiger partial charge is 0.157 e. The topological polar surface area (TPSA) is 30.7 Å². The monoisotopic (exact) mass is 881 g/mol. The van der Waals surface area contributed by atoms with Gasteiger partial charge in [-0.15, -0.1) is 0 Å². The van der Waals surface area contributed by atoms with Gasteiger partial charge < -0.3 is 0 Å². The zero-order valence-electron chi connectivity index (χ0n) is 38.8. The SMILES string of the molecule is C=C/C=C\C=C(/C)c1nc(-c2ccccc2)cc(-n2c3ccc(-c4ccc5ccccc5c4)cc3c3cc4c5cc(-c6ccc7c(c6)-c6ccccc6C7(C)C)ccc5c5ccccc5c4cc32)n1. The first-order valence-electron chi connectivity index (χ1n) is 23.8. The Bertz CT molecular complexity index is 4180. The van der Waals surface area contributed by atoms with Crippen molar-refractivity contribution in [3.63, 3.8) is 0 Å². The van der Waals surface area contributed by atoms with E-state index in [0.29, 0.717) is 5.82 Å². The van der Waals surface area contributed by atoms with Gasteiger partial charge in [-0.05, 0) is 143 Å². The quantitative estimate of drug-likeness (QED) is 0.118. The van der Waals surface area contributed by atoms with Crippen molar-refractivity contribution in [2.24, 2.45) is 0 Å². The second kappa shape index (κ2) is 15.7. The summed E-state index contributed by atoms with van der Waals surface area (Å²) in [4.78, 5) is 10.6. The molecule has 3 heteroatoms. The Morgan fingerprint density at radius 1 is 0.449 bits per heavy atom. The minimum atomic E-state index is -0.0452. The van der Waals surface area contributed by atoms with Crippen LogP contribution in [0.2, 0.25) is 0 Å². The molecule has 13 rings (SSSR count). The van der Waals surface area contributed by atoms with Gasteiger partial charge in [0.25, 0.3) is 0 Å². The van der Waals surface area contributed by atoms with Crippen molar-refractivity contribution in [2.75, 3.05) is 0 Å². The van der Waals surface area contributed by atoms with E-state index < -0.39 is 0 Å². The molecule has 1 aliphatic rings. The number of allylic oxidation sites excluding steroid dienone is 5. The predicted octanol–water partition coefficient (Wildman–Crippen LogP) is 17.6. The highest BCUT2D eigenvalue weighted by Crippen LogP contribution is 2.50. The fraction of sp³-hybridized carbons (Fsp3) is 0.0606. The summed E-state index contributed by atoms with van der Waals surface area (Å²) < 4.78 is 2.36. The third-order valence-electron chi connectivity index (χ3n) is 14.7. The first-order valence-corrected chi connectivity index (χ1v) is 23.8. The highest BCUT2D eigenvalue weighted by atomic mass is 15.1. The highest BCUT2D eigenvalue weighted by molar-refractivity contribution is 6.29. The summed E-state index contributed by atoms with van der Waals surface area (Å²) in [5.74, 6) is 1.48. The summed E-state index contributed by atoms with van der Waals surface area (Å²) >= 11 is 0. The second-order valence-electron chi connectivity index (χ2n) is 19.1. The van der Waals surface area contributed by atoms with Gasteiger partial charge in [0.1, 0.15) is 5.82 Å². The molecular formula is C66H47N3. The van der Waals surface area contributed by atoms with Crippen LogP contribution in [0.3, 0.4) is 0 Å². The standard InChI is InChI=1S/C66H47N3/c1-5-6-8-17-41(2)65-67-61(43-19-9-7-10-20-43)40-64(68-65)69-62-33-30-48(45-27-26-42-18-11-12-21-44(42)34-45)37-57(62)58-38-54-53-35-46(28-31-51(53)49-22-13-14-23-50(49)55(54)39-63(58)69)47-29-32-60-56(36-47)52-24-15-16-25-59(52)66(60,3)4/h5-40H,1H2,2-4H3/b8-6-,41-17+. The van der Waals surface area contributed by atoms with Crippen LogP contribution in [0.1, 0.15) is 37.7 Å². The zero-order chi connectivity index (χ0) is 46.4. The molecule has 0 radical (unpaired) electrons. The number of benzene rings is 10. The number of hydrogen-bond donors (Lipinski definition) is 0. The largest absolute Gasteiger partial charge is 0.294 e. The molecule has 0 aliphatic heterocycles. The second-order valence-corrected chi connectivity index (χ2v) is 19.1. The number of rotatable bonds is 7. The molecule has 0 bridgehead atoms. The maximum Gasteiger partial charge on any atom is 0.157 e. The van der Waals surface area contributed by atoms with Crippen molar-refractivity contribution in [1.29, 1.82) is 0 Å². The molecule has 0 spiro atoms. The van der Waals surface area contributed by atoms with E-state index in [1.54, 1.807) is 6.08 Å². The molecule has 0 unspecified atom stereocenters. The summed E-state index contributed by atoms with van der Waals surface area (Å²) in [6, 6.07) is 71.7. The first kappa shape index (κ1) is 40.6. The van der Waals surface area contributed by atoms with Gasteiger partial charge in [-0.2, -0.15) is 0 Å². The Hall–Kier alpha value is -8.66. The van der Waals surface area contributed by atoms with Crippen LogP contribution in [0, 0.1) is 0 Å². The lowest BCUT2D eigenvalue weighted by molar-refractivity contribution is 0.660. The maximum absolute atomic E-state index is 5.40. The van der Waals surface area contributed by atoms with Crippen LogP contribution in [0.15, 0.2) is 225 Å². The van der Waals surface area contributed by atoms with E-state index in [1.165, 1.54) is 93.0 Å². The Balaban J connectivity index is 1.10. The average Bonchev–Trinajstić information content (AvgIpc) is 3.84. The highest BCUT2D eigenvalue weighted by Gasteiger charge is 2.35. The molecule has 2 aromatic heterocycles. The molecule has 69 heavy (non-hydrogen) atoms. The van der Waals surface area contributed by atoms with E-state index in [2.05, 4.69) is 226 Å². The first-order chi connectivity index (χ1) is 33.8. The minimum Gasteiger partial charge on any atom is -0.294 e. The normalized spacial score (nSPS) is 13.3. The lowest BCUT2D eigenvalue weighted by Gasteiger charge is -2.21. The van der Waals surface area contributed by atoms with Crippen molar-refractivity contribution in [3.8, 4) is 50.5 Å². The number of aromatic nitrogens is 3. The number of hydrogen-bond acceptors (Lipinski definition) is 2. The molecule has 0 amide bonds. The Morgan fingerprint density at radius 3 is 1.90 bits per heavy atom. The Kier molecular flexibility index (Phi) is 9.25. The van der Waals surface area contributed by atoms with Gasteiger partial charge in [-0.3, -0.25) is 4.57 Å². The molecule has 0 atom stereocenters. The van der Waals surface area contributed by atoms with Crippen LogP contribution in [-0.4, -0.2) is 14.5 Å². The minimum absolute atomic E-state index is 0.0452. The zero-order valence-corrected chi connectivity index (χ0v) is 38.8. The van der Waals surface area contributed by atoms with Crippen molar-refractivity contribution >= 4 is 70.5 Å². The van der Waals surface area contributed by atoms with Crippen molar-refractivity contribution < 1.29 is 0 Å². The van der Waals surface area contributed by atoms with E-state index in [-0.39, 0.29) is 5.41 Å². The van der Waals surface area contributed by atoms with Gasteiger partial charge in [0.2, 0.25) is 0 Å². The molecule has 3 nitrogen and oxygen atoms in total. The molecule has 1 aliphatic carbocycles. The molecule has 0 saturated carbocycles.